The van der Waals surface area contributed by atoms with Gasteiger partial charge in [-0.25, -0.2) is 4.98 Å². The van der Waals surface area contributed by atoms with Crippen molar-refractivity contribution >= 4 is 23.1 Å². The Kier molecular flexibility index (Phi) is 4.41. The van der Waals surface area contributed by atoms with Crippen LogP contribution in [-0.2, 0) is 11.2 Å². The van der Waals surface area contributed by atoms with Gasteiger partial charge in [-0.1, -0.05) is 36.5 Å². The van der Waals surface area contributed by atoms with Gasteiger partial charge in [0.25, 0.3) is 0 Å². The fourth-order valence-corrected chi connectivity index (χ4v) is 1.89. The Balaban J connectivity index is 1.92. The van der Waals surface area contributed by atoms with E-state index < -0.39 is 0 Å². The van der Waals surface area contributed by atoms with E-state index in [1.165, 1.54) is 6.33 Å². The Hall–Kier alpha value is -2.28. The van der Waals surface area contributed by atoms with Crippen LogP contribution in [0.5, 0.6) is 0 Å². The number of hydrogen-bond donors (Lipinski definition) is 3. The van der Waals surface area contributed by atoms with E-state index in [4.69, 9.17) is 18.0 Å². The summed E-state index contributed by atoms with van der Waals surface area (Å²) in [5.74, 6) is 0.541. The van der Waals surface area contributed by atoms with E-state index in [9.17, 15) is 4.79 Å². The molecule has 0 aliphatic heterocycles. The maximum absolute atomic E-state index is 11.9. The molecular formula is C13H15N5OS. The van der Waals surface area contributed by atoms with Crippen LogP contribution in [0.4, 0.5) is 0 Å². The molecule has 104 valence electrons. The van der Waals surface area contributed by atoms with Crippen LogP contribution in [0, 0.1) is 0 Å². The van der Waals surface area contributed by atoms with E-state index in [0.29, 0.717) is 10.8 Å². The van der Waals surface area contributed by atoms with Gasteiger partial charge < -0.3 is 11.1 Å². The lowest BCUT2D eigenvalue weighted by Crippen LogP contribution is -2.28. The second-order valence-corrected chi connectivity index (χ2v) is 4.84. The van der Waals surface area contributed by atoms with Crippen LogP contribution in [0.1, 0.15) is 29.9 Å². The van der Waals surface area contributed by atoms with Crippen LogP contribution in [0.15, 0.2) is 30.6 Å². The molecule has 1 unspecified atom stereocenters. The molecule has 0 saturated heterocycles. The first-order valence-electron chi connectivity index (χ1n) is 6.09. The molecule has 0 aliphatic carbocycles. The van der Waals surface area contributed by atoms with E-state index in [2.05, 4.69) is 20.5 Å². The monoisotopic (exact) mass is 289 g/mol. The van der Waals surface area contributed by atoms with Gasteiger partial charge in [0.05, 0.1) is 12.5 Å². The summed E-state index contributed by atoms with van der Waals surface area (Å²) in [5.41, 5.74) is 7.21. The maximum Gasteiger partial charge on any atom is 0.224 e. The van der Waals surface area contributed by atoms with Gasteiger partial charge in [-0.05, 0) is 12.5 Å². The minimum atomic E-state index is -0.208. The predicted octanol–water partition coefficient (Wildman–Crippen LogP) is 0.859. The number of amides is 1. The molecule has 4 N–H and O–H groups in total. The molecule has 1 amide bonds. The van der Waals surface area contributed by atoms with Crippen LogP contribution in [0.25, 0.3) is 0 Å². The summed E-state index contributed by atoms with van der Waals surface area (Å²) in [6.45, 7) is 1.84. The number of thiocarbonyl (C=S) groups is 1. The van der Waals surface area contributed by atoms with E-state index in [1.54, 1.807) is 0 Å². The molecule has 0 aliphatic rings. The average molecular weight is 289 g/mol. The van der Waals surface area contributed by atoms with Gasteiger partial charge in [-0.2, -0.15) is 5.10 Å². The van der Waals surface area contributed by atoms with E-state index in [1.807, 2.05) is 31.2 Å². The number of nitrogens with zero attached hydrogens (tertiary/aromatic N) is 2. The van der Waals surface area contributed by atoms with E-state index >= 15 is 0 Å². The van der Waals surface area contributed by atoms with Crippen LogP contribution in [-0.4, -0.2) is 26.1 Å². The third-order valence-electron chi connectivity index (χ3n) is 2.82. The number of hydrogen-bond acceptors (Lipinski definition) is 4. The summed E-state index contributed by atoms with van der Waals surface area (Å²) in [6, 6.07) is 7.09. The molecular weight excluding hydrogens is 274 g/mol. The standard InChI is InChI=1S/C13H15N5OS/c1-8(13-15-7-16-18-13)17-11(19)6-9-2-4-10(5-3-9)12(14)20/h2-5,7-8H,6H2,1H3,(H2,14,20)(H,17,19)(H,15,16,18). The first-order chi connectivity index (χ1) is 9.56. The molecule has 1 aromatic heterocycles. The highest BCUT2D eigenvalue weighted by molar-refractivity contribution is 7.80. The molecule has 20 heavy (non-hydrogen) atoms. The number of carbonyl (C=O) groups excluding carboxylic acids is 1. The summed E-state index contributed by atoms with van der Waals surface area (Å²) < 4.78 is 0. The lowest BCUT2D eigenvalue weighted by Gasteiger charge is -2.11. The highest BCUT2D eigenvalue weighted by atomic mass is 32.1. The molecule has 0 saturated carbocycles. The number of nitrogens with one attached hydrogen (secondary N) is 2. The van der Waals surface area contributed by atoms with Gasteiger partial charge >= 0.3 is 0 Å². The second kappa shape index (κ2) is 6.25. The zero-order valence-corrected chi connectivity index (χ0v) is 11.8. The van der Waals surface area contributed by atoms with E-state index in [-0.39, 0.29) is 18.4 Å². The number of aromatic nitrogens is 3. The number of rotatable bonds is 5. The fourth-order valence-electron chi connectivity index (χ4n) is 1.76. The van der Waals surface area contributed by atoms with Crippen molar-refractivity contribution in [3.63, 3.8) is 0 Å². The van der Waals surface area contributed by atoms with Gasteiger partial charge in [0.15, 0.2) is 0 Å². The van der Waals surface area contributed by atoms with Crippen LogP contribution < -0.4 is 11.1 Å². The number of benzene rings is 1. The minimum Gasteiger partial charge on any atom is -0.389 e. The largest absolute Gasteiger partial charge is 0.389 e. The van der Waals surface area contributed by atoms with E-state index in [0.717, 1.165) is 11.1 Å². The van der Waals surface area contributed by atoms with Gasteiger partial charge in [-0.3, -0.25) is 9.89 Å². The number of carbonyl (C=O) groups is 1. The van der Waals surface area contributed by atoms with Crippen molar-refractivity contribution in [2.24, 2.45) is 5.73 Å². The van der Waals surface area contributed by atoms with Gasteiger partial charge in [-0.15, -0.1) is 0 Å². The normalized spacial score (nSPS) is 11.8. The third-order valence-corrected chi connectivity index (χ3v) is 3.06. The quantitative estimate of drug-likeness (QED) is 0.709. The zero-order chi connectivity index (χ0) is 14.5. The summed E-state index contributed by atoms with van der Waals surface area (Å²) >= 11 is 4.88. The predicted molar refractivity (Wildman–Crippen MR) is 79.0 cm³/mol. The summed E-state index contributed by atoms with van der Waals surface area (Å²) in [4.78, 5) is 16.3. The Morgan fingerprint density at radius 3 is 2.70 bits per heavy atom. The topological polar surface area (TPSA) is 96.7 Å². The Morgan fingerprint density at radius 2 is 2.15 bits per heavy atom. The van der Waals surface area contributed by atoms with Crippen molar-refractivity contribution in [3.8, 4) is 0 Å². The summed E-state index contributed by atoms with van der Waals surface area (Å²) in [6.07, 6.45) is 1.70. The lowest BCUT2D eigenvalue weighted by atomic mass is 10.1. The number of nitrogens with two attached hydrogens (primary N) is 1. The second-order valence-electron chi connectivity index (χ2n) is 4.40. The Bertz CT molecular complexity index is 594. The lowest BCUT2D eigenvalue weighted by molar-refractivity contribution is -0.121. The Labute approximate surface area is 121 Å². The fraction of sp³-hybridized carbons (Fsp3) is 0.231. The van der Waals surface area contributed by atoms with Crippen LogP contribution in [0.3, 0.4) is 0 Å². The van der Waals surface area contributed by atoms with Crippen molar-refractivity contribution in [1.29, 1.82) is 0 Å². The van der Waals surface area contributed by atoms with Gasteiger partial charge in [0.2, 0.25) is 5.91 Å². The van der Waals surface area contributed by atoms with Gasteiger partial charge in [0, 0.05) is 5.56 Å². The summed E-state index contributed by atoms with van der Waals surface area (Å²) in [5, 5.41) is 9.32. The Morgan fingerprint density at radius 1 is 1.45 bits per heavy atom. The van der Waals surface area contributed by atoms with Crippen molar-refractivity contribution in [2.45, 2.75) is 19.4 Å². The first kappa shape index (κ1) is 14.1. The molecule has 6 nitrogen and oxygen atoms in total. The van der Waals surface area contributed by atoms with Crippen molar-refractivity contribution in [1.82, 2.24) is 20.5 Å². The molecule has 1 atom stereocenters. The molecule has 2 aromatic rings. The SMILES string of the molecule is CC(NC(=O)Cc1ccc(C(N)=S)cc1)c1ncn[nH]1. The maximum atomic E-state index is 11.9. The smallest absolute Gasteiger partial charge is 0.224 e. The molecule has 0 radical (unpaired) electrons. The average Bonchev–Trinajstić information content (AvgIpc) is 2.93. The molecule has 1 heterocycles. The van der Waals surface area contributed by atoms with Crippen LogP contribution >= 0.6 is 12.2 Å². The first-order valence-corrected chi connectivity index (χ1v) is 6.50. The zero-order valence-electron chi connectivity index (χ0n) is 11.0. The van der Waals surface area contributed by atoms with Crippen molar-refractivity contribution in [2.75, 3.05) is 0 Å². The molecule has 2 rings (SSSR count). The molecule has 1 aromatic carbocycles. The van der Waals surface area contributed by atoms with Gasteiger partial charge in [0.1, 0.15) is 17.1 Å². The molecule has 0 bridgehead atoms. The highest BCUT2D eigenvalue weighted by Crippen LogP contribution is 2.08. The minimum absolute atomic E-state index is 0.0861. The van der Waals surface area contributed by atoms with Crippen molar-refractivity contribution in [3.05, 3.63) is 47.5 Å². The molecule has 0 fully saturated rings. The van der Waals surface area contributed by atoms with Crippen LogP contribution in [0.2, 0.25) is 0 Å². The number of H-pyrrole nitrogens is 1. The molecule has 0 spiro atoms. The van der Waals surface area contributed by atoms with Crippen molar-refractivity contribution < 1.29 is 4.79 Å². The highest BCUT2D eigenvalue weighted by Gasteiger charge is 2.12. The molecule has 7 heteroatoms. The summed E-state index contributed by atoms with van der Waals surface area (Å²) in [7, 11) is 0. The number of aromatic amines is 1. The third kappa shape index (κ3) is 3.61.